The summed E-state index contributed by atoms with van der Waals surface area (Å²) in [4.78, 5) is 2.48. The van der Waals surface area contributed by atoms with Crippen molar-refractivity contribution in [1.82, 2.24) is 4.90 Å². The molecule has 0 saturated heterocycles. The Bertz CT molecular complexity index is 925. The third-order valence-corrected chi connectivity index (χ3v) is 7.67. The van der Waals surface area contributed by atoms with Gasteiger partial charge in [0.25, 0.3) is 0 Å². The second kappa shape index (κ2) is 11.4. The fraction of sp³-hybridized carbons (Fsp3) is 0.552. The molecule has 2 unspecified atom stereocenters. The lowest BCUT2D eigenvalue weighted by Gasteiger charge is -2.38. The van der Waals surface area contributed by atoms with Crippen molar-refractivity contribution < 1.29 is 13.2 Å². The first-order valence-corrected chi connectivity index (χ1v) is 12.6. The maximum Gasteiger partial charge on any atom is 0.416 e. The van der Waals surface area contributed by atoms with Crippen molar-refractivity contribution in [3.05, 3.63) is 71.3 Å². The van der Waals surface area contributed by atoms with Gasteiger partial charge in [-0.05, 0) is 82.1 Å². The number of halogens is 3. The molecule has 0 spiro atoms. The van der Waals surface area contributed by atoms with E-state index in [2.05, 4.69) is 56.0 Å². The van der Waals surface area contributed by atoms with Gasteiger partial charge in [-0.2, -0.15) is 18.4 Å². The molecule has 2 aromatic carbocycles. The van der Waals surface area contributed by atoms with Crippen LogP contribution in [0, 0.1) is 17.2 Å². The minimum absolute atomic E-state index is 0.193. The van der Waals surface area contributed by atoms with Gasteiger partial charge in [-0.3, -0.25) is 4.90 Å². The predicted molar refractivity (Wildman–Crippen MR) is 131 cm³/mol. The molecule has 1 saturated carbocycles. The lowest BCUT2D eigenvalue weighted by Crippen LogP contribution is -2.42. The highest BCUT2D eigenvalue weighted by Crippen LogP contribution is 2.46. The molecule has 1 aliphatic carbocycles. The number of benzene rings is 2. The Morgan fingerprint density at radius 2 is 1.53 bits per heavy atom. The highest BCUT2D eigenvalue weighted by atomic mass is 19.4. The first-order chi connectivity index (χ1) is 16.2. The molecule has 0 amide bonds. The number of rotatable bonds is 10. The fourth-order valence-electron chi connectivity index (χ4n) is 5.66. The smallest absolute Gasteiger partial charge is 0.298 e. The molecule has 184 valence electrons. The second-order valence-corrected chi connectivity index (χ2v) is 10.1. The van der Waals surface area contributed by atoms with Crippen molar-refractivity contribution in [2.45, 2.75) is 89.4 Å². The van der Waals surface area contributed by atoms with Crippen molar-refractivity contribution in [3.63, 3.8) is 0 Å². The van der Waals surface area contributed by atoms with E-state index in [0.717, 1.165) is 62.8 Å². The zero-order valence-electron chi connectivity index (χ0n) is 20.6. The van der Waals surface area contributed by atoms with Gasteiger partial charge < -0.3 is 0 Å². The SMILES string of the molecule is CC(C)N(CCc1ccccc1)C(C)CCC(C#N)(c1ccc(C(F)(F)F)cc1)C1CCCC1. The van der Waals surface area contributed by atoms with E-state index >= 15 is 0 Å². The van der Waals surface area contributed by atoms with E-state index in [4.69, 9.17) is 0 Å². The van der Waals surface area contributed by atoms with Crippen LogP contribution in [0.3, 0.4) is 0 Å². The summed E-state index contributed by atoms with van der Waals surface area (Å²) < 4.78 is 39.4. The van der Waals surface area contributed by atoms with Gasteiger partial charge in [0, 0.05) is 18.6 Å². The van der Waals surface area contributed by atoms with Gasteiger partial charge in [0.2, 0.25) is 0 Å². The summed E-state index contributed by atoms with van der Waals surface area (Å²) in [6, 6.07) is 19.1. The summed E-state index contributed by atoms with van der Waals surface area (Å²) in [6.45, 7) is 7.55. The number of alkyl halides is 3. The maximum absolute atomic E-state index is 13.1. The Morgan fingerprint density at radius 1 is 0.941 bits per heavy atom. The van der Waals surface area contributed by atoms with Crippen LogP contribution in [0.5, 0.6) is 0 Å². The van der Waals surface area contributed by atoms with Crippen LogP contribution in [0.15, 0.2) is 54.6 Å². The Morgan fingerprint density at radius 3 is 2.06 bits per heavy atom. The summed E-state index contributed by atoms with van der Waals surface area (Å²) in [7, 11) is 0. The molecule has 1 aliphatic rings. The summed E-state index contributed by atoms with van der Waals surface area (Å²) in [5.74, 6) is 0.193. The fourth-order valence-corrected chi connectivity index (χ4v) is 5.66. The summed E-state index contributed by atoms with van der Waals surface area (Å²) >= 11 is 0. The summed E-state index contributed by atoms with van der Waals surface area (Å²) in [5, 5.41) is 10.4. The highest BCUT2D eigenvalue weighted by molar-refractivity contribution is 5.37. The second-order valence-electron chi connectivity index (χ2n) is 10.1. The van der Waals surface area contributed by atoms with Gasteiger partial charge in [-0.25, -0.2) is 0 Å². The number of nitrogens with zero attached hydrogens (tertiary/aromatic N) is 2. The number of nitriles is 1. The summed E-state index contributed by atoms with van der Waals surface area (Å²) in [6.07, 6.45) is 2.18. The van der Waals surface area contributed by atoms with Crippen molar-refractivity contribution in [3.8, 4) is 6.07 Å². The largest absolute Gasteiger partial charge is 0.416 e. The Kier molecular flexibility index (Phi) is 8.82. The zero-order valence-corrected chi connectivity index (χ0v) is 20.6. The molecule has 0 aromatic heterocycles. The van der Waals surface area contributed by atoms with E-state index in [-0.39, 0.29) is 12.0 Å². The van der Waals surface area contributed by atoms with E-state index in [0.29, 0.717) is 12.5 Å². The lowest BCUT2D eigenvalue weighted by atomic mass is 9.67. The minimum Gasteiger partial charge on any atom is -0.298 e. The van der Waals surface area contributed by atoms with Crippen LogP contribution in [-0.2, 0) is 18.0 Å². The molecule has 0 radical (unpaired) electrons. The molecule has 1 fully saturated rings. The maximum atomic E-state index is 13.1. The number of hydrogen-bond donors (Lipinski definition) is 0. The lowest BCUT2D eigenvalue weighted by molar-refractivity contribution is -0.137. The Hall–Kier alpha value is -2.32. The van der Waals surface area contributed by atoms with Crippen molar-refractivity contribution >= 4 is 0 Å². The molecule has 2 nitrogen and oxygen atoms in total. The normalized spacial score (nSPS) is 17.6. The Balaban J connectivity index is 1.78. The molecule has 0 bridgehead atoms. The molecule has 0 aliphatic heterocycles. The quantitative estimate of drug-likeness (QED) is 0.354. The van der Waals surface area contributed by atoms with E-state index in [1.54, 1.807) is 12.1 Å². The molecular formula is C29H37F3N2. The van der Waals surface area contributed by atoms with Crippen LogP contribution in [0.25, 0.3) is 0 Å². The Labute approximate surface area is 202 Å². The van der Waals surface area contributed by atoms with Crippen LogP contribution >= 0.6 is 0 Å². The van der Waals surface area contributed by atoms with Gasteiger partial charge in [-0.1, -0.05) is 55.3 Å². The van der Waals surface area contributed by atoms with Crippen LogP contribution in [0.2, 0.25) is 0 Å². The van der Waals surface area contributed by atoms with Crippen LogP contribution in [0.1, 0.15) is 76.0 Å². The topological polar surface area (TPSA) is 27.0 Å². The van der Waals surface area contributed by atoms with E-state index < -0.39 is 17.2 Å². The van der Waals surface area contributed by atoms with E-state index in [1.807, 2.05) is 6.07 Å². The molecule has 3 rings (SSSR count). The van der Waals surface area contributed by atoms with E-state index in [9.17, 15) is 18.4 Å². The summed E-state index contributed by atoms with van der Waals surface area (Å²) in [5.41, 5.74) is 0.649. The average molecular weight is 471 g/mol. The number of hydrogen-bond acceptors (Lipinski definition) is 2. The molecule has 2 atom stereocenters. The highest BCUT2D eigenvalue weighted by Gasteiger charge is 2.43. The molecule has 0 heterocycles. The predicted octanol–water partition coefficient (Wildman–Crippen LogP) is 7.78. The monoisotopic (exact) mass is 470 g/mol. The molecule has 5 heteroatoms. The average Bonchev–Trinajstić information content (AvgIpc) is 3.36. The van der Waals surface area contributed by atoms with Gasteiger partial charge in [0.1, 0.15) is 0 Å². The first-order valence-electron chi connectivity index (χ1n) is 12.6. The van der Waals surface area contributed by atoms with Crippen molar-refractivity contribution in [1.29, 1.82) is 5.26 Å². The van der Waals surface area contributed by atoms with E-state index in [1.165, 1.54) is 5.56 Å². The van der Waals surface area contributed by atoms with Crippen molar-refractivity contribution in [2.75, 3.05) is 6.54 Å². The van der Waals surface area contributed by atoms with Gasteiger partial charge in [0.15, 0.2) is 0 Å². The van der Waals surface area contributed by atoms with Gasteiger partial charge in [0.05, 0.1) is 17.0 Å². The minimum atomic E-state index is -4.37. The molecule has 0 N–H and O–H groups in total. The third-order valence-electron chi connectivity index (χ3n) is 7.67. The van der Waals surface area contributed by atoms with Crippen LogP contribution in [0.4, 0.5) is 13.2 Å². The third kappa shape index (κ3) is 6.21. The van der Waals surface area contributed by atoms with Crippen molar-refractivity contribution in [2.24, 2.45) is 5.92 Å². The molecule has 2 aromatic rings. The van der Waals surface area contributed by atoms with Crippen LogP contribution in [-0.4, -0.2) is 23.5 Å². The van der Waals surface area contributed by atoms with Crippen LogP contribution < -0.4 is 0 Å². The first kappa shape index (κ1) is 26.3. The molecule has 34 heavy (non-hydrogen) atoms. The molecular weight excluding hydrogens is 433 g/mol. The standard InChI is InChI=1S/C29H37F3N2/c1-22(2)34(20-18-24-9-5-4-6-10-24)23(3)17-19-28(21-33,25-11-7-8-12-25)26-13-15-27(16-14-26)29(30,31)32/h4-6,9-10,13-16,22-23,25H,7-8,11-12,17-20H2,1-3H3. The van der Waals surface area contributed by atoms with Gasteiger partial charge >= 0.3 is 6.18 Å². The van der Waals surface area contributed by atoms with Gasteiger partial charge in [-0.15, -0.1) is 0 Å². The zero-order chi connectivity index (χ0) is 24.8.